The van der Waals surface area contributed by atoms with Crippen molar-refractivity contribution in [2.75, 3.05) is 4.90 Å². The second-order valence-electron chi connectivity index (χ2n) is 10.8. The zero-order valence-electron chi connectivity index (χ0n) is 20.8. The molecule has 0 saturated carbocycles. The van der Waals surface area contributed by atoms with Crippen molar-refractivity contribution < 1.29 is 5.11 Å². The van der Waals surface area contributed by atoms with E-state index < -0.39 is 0 Å². The Kier molecular flexibility index (Phi) is 6.64. The molecule has 3 rings (SSSR count). The molecule has 1 aromatic carbocycles. The molecule has 3 aromatic rings. The number of pyridine rings is 2. The number of aryl methyl sites for hydroxylation is 2. The Morgan fingerprint density at radius 2 is 1.25 bits per heavy atom. The molecule has 4 nitrogen and oxygen atoms in total. The molecule has 2 aromatic heterocycles. The highest BCUT2D eigenvalue weighted by molar-refractivity contribution is 5.65. The molecule has 1 N–H and O–H groups in total. The topological polar surface area (TPSA) is 49.2 Å². The molecule has 32 heavy (non-hydrogen) atoms. The lowest BCUT2D eigenvalue weighted by atomic mass is 9.79. The fourth-order valence-electron chi connectivity index (χ4n) is 3.86. The second kappa shape index (κ2) is 8.93. The highest BCUT2D eigenvalue weighted by Crippen LogP contribution is 2.42. The number of phenols is 1. The molecule has 0 unspecified atom stereocenters. The summed E-state index contributed by atoms with van der Waals surface area (Å²) in [6.45, 7) is 18.3. The fourth-order valence-corrected chi connectivity index (χ4v) is 3.86. The zero-order chi connectivity index (χ0) is 23.7. The maximum atomic E-state index is 11.5. The molecule has 0 atom stereocenters. The third kappa shape index (κ3) is 5.67. The molecule has 2 heterocycles. The molecular weight excluding hydrogens is 394 g/mol. The van der Waals surface area contributed by atoms with E-state index in [-0.39, 0.29) is 10.8 Å². The molecule has 0 aliphatic rings. The molecule has 0 fully saturated rings. The molecular formula is C28H37N3O. The lowest BCUT2D eigenvalue weighted by Gasteiger charge is -2.32. The van der Waals surface area contributed by atoms with E-state index in [1.807, 2.05) is 50.2 Å². The highest BCUT2D eigenvalue weighted by Gasteiger charge is 2.27. The fraction of sp³-hybridized carbons (Fsp3) is 0.429. The zero-order valence-corrected chi connectivity index (χ0v) is 20.8. The normalized spacial score (nSPS) is 12.1. The van der Waals surface area contributed by atoms with Crippen LogP contribution in [0, 0.1) is 13.8 Å². The van der Waals surface area contributed by atoms with Gasteiger partial charge in [0.25, 0.3) is 0 Å². The van der Waals surface area contributed by atoms with Crippen molar-refractivity contribution in [3.63, 3.8) is 0 Å². The number of nitrogens with zero attached hydrogens (tertiary/aromatic N) is 3. The number of aromatic nitrogens is 2. The summed E-state index contributed by atoms with van der Waals surface area (Å²) < 4.78 is 0. The van der Waals surface area contributed by atoms with Gasteiger partial charge in [0.15, 0.2) is 0 Å². The van der Waals surface area contributed by atoms with Crippen molar-refractivity contribution in [2.24, 2.45) is 0 Å². The Morgan fingerprint density at radius 3 is 1.66 bits per heavy atom. The van der Waals surface area contributed by atoms with Crippen LogP contribution in [0.15, 0.2) is 48.5 Å². The maximum Gasteiger partial charge on any atom is 0.142 e. The monoisotopic (exact) mass is 431 g/mol. The van der Waals surface area contributed by atoms with Crippen LogP contribution in [0.5, 0.6) is 5.75 Å². The van der Waals surface area contributed by atoms with E-state index in [1.165, 1.54) is 5.56 Å². The van der Waals surface area contributed by atoms with E-state index in [0.717, 1.165) is 34.0 Å². The van der Waals surface area contributed by atoms with E-state index >= 15 is 0 Å². The molecule has 170 valence electrons. The minimum Gasteiger partial charge on any atom is -0.505 e. The maximum absolute atomic E-state index is 11.5. The lowest BCUT2D eigenvalue weighted by Crippen LogP contribution is -2.26. The second-order valence-corrected chi connectivity index (χ2v) is 10.8. The number of benzene rings is 1. The number of rotatable bonds is 5. The summed E-state index contributed by atoms with van der Waals surface area (Å²) in [5.74, 6) is 0.339. The van der Waals surface area contributed by atoms with Gasteiger partial charge in [0.1, 0.15) is 5.75 Å². The highest BCUT2D eigenvalue weighted by atomic mass is 16.3. The van der Waals surface area contributed by atoms with Crippen LogP contribution in [-0.4, -0.2) is 15.1 Å². The first-order valence-electron chi connectivity index (χ1n) is 11.3. The molecule has 0 aliphatic carbocycles. The Morgan fingerprint density at radius 1 is 0.750 bits per heavy atom. The van der Waals surface area contributed by atoms with Gasteiger partial charge in [-0.15, -0.1) is 0 Å². The van der Waals surface area contributed by atoms with Gasteiger partial charge in [-0.05, 0) is 60.6 Å². The van der Waals surface area contributed by atoms with Crippen molar-refractivity contribution in [1.29, 1.82) is 0 Å². The van der Waals surface area contributed by atoms with Crippen LogP contribution in [-0.2, 0) is 23.9 Å². The first-order valence-corrected chi connectivity index (χ1v) is 11.3. The molecule has 0 saturated heterocycles. The van der Waals surface area contributed by atoms with Crippen LogP contribution in [0.1, 0.15) is 75.4 Å². The van der Waals surface area contributed by atoms with Crippen molar-refractivity contribution in [3.8, 4) is 5.75 Å². The van der Waals surface area contributed by atoms with Crippen LogP contribution in [0.2, 0.25) is 0 Å². The van der Waals surface area contributed by atoms with Crippen LogP contribution < -0.4 is 4.90 Å². The van der Waals surface area contributed by atoms with Crippen molar-refractivity contribution in [1.82, 2.24) is 9.97 Å². The predicted octanol–water partition coefficient (Wildman–Crippen LogP) is 6.60. The average Bonchev–Trinajstić information content (AvgIpc) is 2.66. The third-order valence-electron chi connectivity index (χ3n) is 5.70. The lowest BCUT2D eigenvalue weighted by molar-refractivity contribution is 0.443. The summed E-state index contributed by atoms with van der Waals surface area (Å²) >= 11 is 0. The van der Waals surface area contributed by atoms with Crippen molar-refractivity contribution >= 4 is 5.69 Å². The Labute approximate surface area is 193 Å². The van der Waals surface area contributed by atoms with Crippen LogP contribution in [0.4, 0.5) is 5.69 Å². The summed E-state index contributed by atoms with van der Waals surface area (Å²) in [6.07, 6.45) is 0. The SMILES string of the molecule is Cc1cccc(CN(Cc2cccc(C)n2)c2cc(C(C)(C)C)cc(C(C)(C)C)c2O)n1. The Balaban J connectivity index is 2.18. The van der Waals surface area contributed by atoms with Gasteiger partial charge in [0, 0.05) is 17.0 Å². The van der Waals surface area contributed by atoms with Gasteiger partial charge in [-0.1, -0.05) is 59.7 Å². The minimum absolute atomic E-state index is 0.0444. The first kappa shape index (κ1) is 23.8. The molecule has 4 heteroatoms. The van der Waals surface area contributed by atoms with Crippen molar-refractivity contribution in [2.45, 2.75) is 79.3 Å². The first-order chi connectivity index (χ1) is 14.8. The summed E-state index contributed by atoms with van der Waals surface area (Å²) in [5, 5.41) is 11.5. The summed E-state index contributed by atoms with van der Waals surface area (Å²) in [4.78, 5) is 11.6. The van der Waals surface area contributed by atoms with E-state index in [0.29, 0.717) is 18.8 Å². The van der Waals surface area contributed by atoms with Gasteiger partial charge in [-0.2, -0.15) is 0 Å². The van der Waals surface area contributed by atoms with E-state index in [9.17, 15) is 5.11 Å². The van der Waals surface area contributed by atoms with Gasteiger partial charge in [0.05, 0.1) is 30.2 Å². The molecule has 0 bridgehead atoms. The van der Waals surface area contributed by atoms with Gasteiger partial charge in [-0.3, -0.25) is 9.97 Å². The quantitative estimate of drug-likeness (QED) is 0.494. The number of aromatic hydroxyl groups is 1. The minimum atomic E-state index is -0.186. The van der Waals surface area contributed by atoms with Gasteiger partial charge < -0.3 is 10.0 Å². The van der Waals surface area contributed by atoms with Crippen LogP contribution in [0.3, 0.4) is 0 Å². The van der Waals surface area contributed by atoms with E-state index in [2.05, 4.69) is 58.6 Å². The number of anilines is 1. The molecule has 0 radical (unpaired) electrons. The largest absolute Gasteiger partial charge is 0.505 e. The van der Waals surface area contributed by atoms with E-state index in [4.69, 9.17) is 9.97 Å². The van der Waals surface area contributed by atoms with Crippen LogP contribution in [0.25, 0.3) is 0 Å². The van der Waals surface area contributed by atoms with Crippen molar-refractivity contribution in [3.05, 3.63) is 82.4 Å². The summed E-state index contributed by atoms with van der Waals surface area (Å²) in [5.41, 5.74) is 6.67. The summed E-state index contributed by atoms with van der Waals surface area (Å²) in [6, 6.07) is 16.5. The smallest absolute Gasteiger partial charge is 0.142 e. The van der Waals surface area contributed by atoms with E-state index in [1.54, 1.807) is 0 Å². The molecule has 0 amide bonds. The molecule has 0 aliphatic heterocycles. The van der Waals surface area contributed by atoms with Gasteiger partial charge in [-0.25, -0.2) is 0 Å². The number of hydrogen-bond acceptors (Lipinski definition) is 4. The Hall–Kier alpha value is -2.88. The predicted molar refractivity (Wildman–Crippen MR) is 133 cm³/mol. The van der Waals surface area contributed by atoms with Crippen LogP contribution >= 0.6 is 0 Å². The van der Waals surface area contributed by atoms with Gasteiger partial charge in [0.2, 0.25) is 0 Å². The third-order valence-corrected chi connectivity index (χ3v) is 5.70. The molecule has 0 spiro atoms. The number of phenolic OH excluding ortho intramolecular Hbond substituents is 1. The van der Waals surface area contributed by atoms with Gasteiger partial charge >= 0.3 is 0 Å². The average molecular weight is 432 g/mol. The Bertz CT molecular complexity index is 1040. The number of hydrogen-bond donors (Lipinski definition) is 1. The standard InChI is InChI=1S/C28H37N3O/c1-19-11-9-13-22(29-19)17-31(18-23-14-10-12-20(2)30-23)25-16-21(27(3,4)5)15-24(26(25)32)28(6,7)8/h9-16,32H,17-18H2,1-8H3. The summed E-state index contributed by atoms with van der Waals surface area (Å²) in [7, 11) is 0.